The molecule has 0 aliphatic carbocycles. The molecule has 0 spiro atoms. The molecule has 0 fully saturated rings. The van der Waals surface area contributed by atoms with Gasteiger partial charge in [0.05, 0.1) is 5.69 Å². The number of anilines is 1. The lowest BCUT2D eigenvalue weighted by atomic mass is 10.4. The van der Waals surface area contributed by atoms with Crippen LogP contribution in [-0.4, -0.2) is 4.98 Å². The zero-order chi connectivity index (χ0) is 11.2. The van der Waals surface area contributed by atoms with Crippen LogP contribution in [0.1, 0.15) is 5.69 Å². The molecule has 1 aromatic heterocycles. The molecule has 4 heteroatoms. The summed E-state index contributed by atoms with van der Waals surface area (Å²) in [6.45, 7) is 0. The Morgan fingerprint density at radius 1 is 1.06 bits per heavy atom. The van der Waals surface area contributed by atoms with Gasteiger partial charge in [0.1, 0.15) is 5.82 Å². The Balaban J connectivity index is 1.99. The molecule has 1 heterocycles. The first-order chi connectivity index (χ1) is 7.88. The van der Waals surface area contributed by atoms with Crippen LogP contribution >= 0.6 is 11.8 Å². The molecule has 0 bridgehead atoms. The van der Waals surface area contributed by atoms with E-state index in [1.807, 2.05) is 36.4 Å². The van der Waals surface area contributed by atoms with Crippen LogP contribution in [0.5, 0.6) is 0 Å². The van der Waals surface area contributed by atoms with Crippen LogP contribution in [0.4, 0.5) is 5.82 Å². The smallest absolute Gasteiger partial charge is 0.140 e. The van der Waals surface area contributed by atoms with Gasteiger partial charge in [-0.15, -0.1) is 11.8 Å². The maximum atomic E-state index is 5.31. The number of nitrogens with zero attached hydrogens (tertiary/aromatic N) is 1. The molecule has 0 saturated carbocycles. The van der Waals surface area contributed by atoms with Crippen LogP contribution in [0, 0.1) is 0 Å². The van der Waals surface area contributed by atoms with Gasteiger partial charge >= 0.3 is 0 Å². The summed E-state index contributed by atoms with van der Waals surface area (Å²) in [7, 11) is 0. The number of thioether (sulfide) groups is 1. The average molecular weight is 231 g/mol. The van der Waals surface area contributed by atoms with Crippen LogP contribution in [0.3, 0.4) is 0 Å². The second-order valence-corrected chi connectivity index (χ2v) is 4.31. The molecular formula is C12H13N3S. The summed E-state index contributed by atoms with van der Waals surface area (Å²) >= 11 is 1.76. The maximum Gasteiger partial charge on any atom is 0.140 e. The number of benzene rings is 1. The molecule has 3 nitrogen and oxygen atoms in total. The minimum absolute atomic E-state index is 0.700. The van der Waals surface area contributed by atoms with Gasteiger partial charge < -0.3 is 5.43 Å². The van der Waals surface area contributed by atoms with Crippen molar-refractivity contribution in [1.82, 2.24) is 4.98 Å². The lowest BCUT2D eigenvalue weighted by molar-refractivity contribution is 1.14. The summed E-state index contributed by atoms with van der Waals surface area (Å²) in [6.07, 6.45) is 0. The van der Waals surface area contributed by atoms with Crippen molar-refractivity contribution in [2.24, 2.45) is 5.84 Å². The zero-order valence-corrected chi connectivity index (χ0v) is 9.58. The third kappa shape index (κ3) is 2.98. The highest BCUT2D eigenvalue weighted by Crippen LogP contribution is 2.21. The van der Waals surface area contributed by atoms with E-state index in [-0.39, 0.29) is 0 Å². The topological polar surface area (TPSA) is 50.9 Å². The van der Waals surface area contributed by atoms with Gasteiger partial charge in [-0.1, -0.05) is 24.3 Å². The third-order valence-corrected chi connectivity index (χ3v) is 3.13. The molecule has 82 valence electrons. The predicted molar refractivity (Wildman–Crippen MR) is 68.1 cm³/mol. The number of hydrogen-bond acceptors (Lipinski definition) is 4. The summed E-state index contributed by atoms with van der Waals surface area (Å²) in [5.74, 6) is 6.85. The largest absolute Gasteiger partial charge is 0.308 e. The summed E-state index contributed by atoms with van der Waals surface area (Å²) < 4.78 is 0. The lowest BCUT2D eigenvalue weighted by Crippen LogP contribution is -2.08. The molecule has 1 aromatic carbocycles. The number of hydrogen-bond donors (Lipinski definition) is 2. The maximum absolute atomic E-state index is 5.31. The standard InChI is InChI=1S/C12H13N3S/c13-15-12-8-4-5-10(14-12)9-16-11-6-2-1-3-7-11/h1-8H,9,13H2,(H,14,15). The van der Waals surface area contributed by atoms with Crippen molar-refractivity contribution in [2.75, 3.05) is 5.43 Å². The molecule has 0 aliphatic rings. The van der Waals surface area contributed by atoms with E-state index in [1.165, 1.54) is 4.90 Å². The van der Waals surface area contributed by atoms with Crippen molar-refractivity contribution in [3.05, 3.63) is 54.2 Å². The van der Waals surface area contributed by atoms with E-state index in [1.54, 1.807) is 11.8 Å². The van der Waals surface area contributed by atoms with E-state index in [2.05, 4.69) is 22.5 Å². The quantitative estimate of drug-likeness (QED) is 0.482. The number of aromatic nitrogens is 1. The van der Waals surface area contributed by atoms with Gasteiger partial charge in [0.25, 0.3) is 0 Å². The van der Waals surface area contributed by atoms with Crippen molar-refractivity contribution in [3.8, 4) is 0 Å². The first-order valence-electron chi connectivity index (χ1n) is 4.99. The monoisotopic (exact) mass is 231 g/mol. The molecule has 2 aromatic rings. The van der Waals surface area contributed by atoms with Gasteiger partial charge in [0.15, 0.2) is 0 Å². The third-order valence-electron chi connectivity index (χ3n) is 2.08. The van der Waals surface area contributed by atoms with Gasteiger partial charge in [-0.25, -0.2) is 10.8 Å². The molecule has 0 unspecified atom stereocenters. The molecule has 16 heavy (non-hydrogen) atoms. The predicted octanol–water partition coefficient (Wildman–Crippen LogP) is 2.66. The summed E-state index contributed by atoms with van der Waals surface area (Å²) in [4.78, 5) is 5.60. The molecule has 2 rings (SSSR count). The number of pyridine rings is 1. The van der Waals surface area contributed by atoms with Crippen LogP contribution < -0.4 is 11.3 Å². The Bertz CT molecular complexity index is 445. The van der Waals surface area contributed by atoms with Crippen molar-refractivity contribution in [2.45, 2.75) is 10.6 Å². The molecule has 0 radical (unpaired) electrons. The summed E-state index contributed by atoms with van der Waals surface area (Å²) in [6, 6.07) is 16.1. The fraction of sp³-hybridized carbons (Fsp3) is 0.0833. The van der Waals surface area contributed by atoms with Gasteiger partial charge in [-0.3, -0.25) is 0 Å². The fourth-order valence-electron chi connectivity index (χ4n) is 1.31. The number of nitrogens with one attached hydrogen (secondary N) is 1. The summed E-state index contributed by atoms with van der Waals surface area (Å²) in [5.41, 5.74) is 3.56. The van der Waals surface area contributed by atoms with Crippen LogP contribution in [-0.2, 0) is 5.75 Å². The Morgan fingerprint density at radius 3 is 2.62 bits per heavy atom. The minimum Gasteiger partial charge on any atom is -0.308 e. The van der Waals surface area contributed by atoms with Crippen molar-refractivity contribution >= 4 is 17.6 Å². The zero-order valence-electron chi connectivity index (χ0n) is 8.76. The average Bonchev–Trinajstić information content (AvgIpc) is 2.38. The number of nitrogen functional groups attached to an aromatic ring is 1. The number of hydrazine groups is 1. The molecular weight excluding hydrogens is 218 g/mol. The summed E-state index contributed by atoms with van der Waals surface area (Å²) in [5, 5.41) is 0. The molecule has 3 N–H and O–H groups in total. The molecule has 0 saturated heterocycles. The van der Waals surface area contributed by atoms with Gasteiger partial charge in [0, 0.05) is 10.6 Å². The fourth-order valence-corrected chi connectivity index (χ4v) is 2.14. The highest BCUT2D eigenvalue weighted by molar-refractivity contribution is 7.98. The van der Waals surface area contributed by atoms with Crippen molar-refractivity contribution in [3.63, 3.8) is 0 Å². The Morgan fingerprint density at radius 2 is 1.88 bits per heavy atom. The highest BCUT2D eigenvalue weighted by atomic mass is 32.2. The lowest BCUT2D eigenvalue weighted by Gasteiger charge is -2.03. The van der Waals surface area contributed by atoms with Crippen molar-refractivity contribution in [1.29, 1.82) is 0 Å². The Labute approximate surface area is 99.1 Å². The van der Waals surface area contributed by atoms with Crippen LogP contribution in [0.15, 0.2) is 53.4 Å². The first-order valence-corrected chi connectivity index (χ1v) is 5.97. The molecule has 0 atom stereocenters. The van der Waals surface area contributed by atoms with E-state index in [9.17, 15) is 0 Å². The van der Waals surface area contributed by atoms with Crippen LogP contribution in [0.2, 0.25) is 0 Å². The van der Waals surface area contributed by atoms with E-state index in [0.717, 1.165) is 11.4 Å². The second-order valence-electron chi connectivity index (χ2n) is 3.26. The number of nitrogens with two attached hydrogens (primary N) is 1. The SMILES string of the molecule is NNc1cccc(CSc2ccccc2)n1. The Hall–Kier alpha value is -1.52. The first kappa shape index (κ1) is 11.0. The molecule has 0 aliphatic heterocycles. The van der Waals surface area contributed by atoms with Gasteiger partial charge in [0.2, 0.25) is 0 Å². The second kappa shape index (κ2) is 5.53. The van der Waals surface area contributed by atoms with E-state index in [4.69, 9.17) is 5.84 Å². The van der Waals surface area contributed by atoms with E-state index >= 15 is 0 Å². The highest BCUT2D eigenvalue weighted by Gasteiger charge is 1.98. The van der Waals surface area contributed by atoms with Gasteiger partial charge in [-0.05, 0) is 24.3 Å². The van der Waals surface area contributed by atoms with Gasteiger partial charge in [-0.2, -0.15) is 0 Å². The van der Waals surface area contributed by atoms with Crippen LogP contribution in [0.25, 0.3) is 0 Å². The van der Waals surface area contributed by atoms with E-state index < -0.39 is 0 Å². The molecule has 0 amide bonds. The van der Waals surface area contributed by atoms with Crippen molar-refractivity contribution < 1.29 is 0 Å². The number of rotatable bonds is 4. The normalized spacial score (nSPS) is 10.1. The van der Waals surface area contributed by atoms with E-state index in [0.29, 0.717) is 5.82 Å². The Kier molecular flexibility index (Phi) is 3.80. The minimum atomic E-state index is 0.700.